The summed E-state index contributed by atoms with van der Waals surface area (Å²) in [6.45, 7) is -0.127. The number of likely N-dealkylation sites (N-methyl/N-ethyl adjacent to an activating group) is 1. The molecule has 1 aromatic rings. The Morgan fingerprint density at radius 2 is 2.00 bits per heavy atom. The van der Waals surface area contributed by atoms with Crippen LogP contribution in [0.2, 0.25) is 10.0 Å². The average Bonchev–Trinajstić information content (AvgIpc) is 2.55. The van der Waals surface area contributed by atoms with E-state index in [1.165, 1.54) is 4.90 Å². The number of halogens is 2. The third kappa shape index (κ3) is 3.66. The number of rotatable bonds is 4. The molecule has 6 heteroatoms. The second-order valence-corrected chi connectivity index (χ2v) is 6.34. The highest BCUT2D eigenvalue weighted by Crippen LogP contribution is 2.32. The number of amides is 1. The van der Waals surface area contributed by atoms with Crippen LogP contribution in [0.1, 0.15) is 32.1 Å². The highest BCUT2D eigenvalue weighted by Gasteiger charge is 2.38. The molecule has 1 saturated carbocycles. The number of nitrogens with zero attached hydrogens (tertiary/aromatic N) is 2. The van der Waals surface area contributed by atoms with Crippen molar-refractivity contribution in [3.05, 3.63) is 28.2 Å². The molecule has 22 heavy (non-hydrogen) atoms. The normalized spacial score (nSPS) is 16.6. The molecule has 0 saturated heterocycles. The molecule has 1 amide bonds. The van der Waals surface area contributed by atoms with Gasteiger partial charge in [0.05, 0.1) is 16.1 Å². The van der Waals surface area contributed by atoms with E-state index < -0.39 is 5.54 Å². The van der Waals surface area contributed by atoms with Crippen molar-refractivity contribution >= 4 is 29.1 Å². The van der Waals surface area contributed by atoms with Crippen LogP contribution in [0.25, 0.3) is 0 Å². The number of hydrogen-bond acceptors (Lipinski definition) is 3. The molecular formula is C16H18Cl2N2O2. The number of benzene rings is 1. The molecule has 1 aromatic carbocycles. The fraction of sp³-hybridized carbons (Fsp3) is 0.500. The van der Waals surface area contributed by atoms with Gasteiger partial charge in [0, 0.05) is 13.1 Å². The zero-order valence-corrected chi connectivity index (χ0v) is 14.0. The van der Waals surface area contributed by atoms with Gasteiger partial charge in [0.25, 0.3) is 5.91 Å². The van der Waals surface area contributed by atoms with Gasteiger partial charge >= 0.3 is 0 Å². The molecule has 0 aromatic heterocycles. The molecule has 1 aliphatic carbocycles. The summed E-state index contributed by atoms with van der Waals surface area (Å²) in [5.74, 6) is 0.264. The molecule has 0 unspecified atom stereocenters. The number of nitriles is 1. The van der Waals surface area contributed by atoms with Crippen LogP contribution in [0.4, 0.5) is 0 Å². The lowest BCUT2D eigenvalue weighted by Gasteiger charge is -2.38. The Balaban J connectivity index is 1.99. The number of carbonyl (C=O) groups is 1. The van der Waals surface area contributed by atoms with E-state index in [1.54, 1.807) is 25.2 Å². The summed E-state index contributed by atoms with van der Waals surface area (Å²) >= 11 is 11.7. The molecule has 4 nitrogen and oxygen atoms in total. The van der Waals surface area contributed by atoms with E-state index in [1.807, 2.05) is 0 Å². The largest absolute Gasteiger partial charge is 0.484 e. The smallest absolute Gasteiger partial charge is 0.261 e. The lowest BCUT2D eigenvalue weighted by molar-refractivity contribution is -0.137. The maximum absolute atomic E-state index is 12.3. The Kier molecular flexibility index (Phi) is 5.55. The van der Waals surface area contributed by atoms with Gasteiger partial charge in [0.2, 0.25) is 0 Å². The van der Waals surface area contributed by atoms with E-state index in [9.17, 15) is 10.1 Å². The summed E-state index contributed by atoms with van der Waals surface area (Å²) in [4.78, 5) is 13.9. The van der Waals surface area contributed by atoms with Crippen LogP contribution in [0.3, 0.4) is 0 Å². The van der Waals surface area contributed by atoms with Crippen molar-refractivity contribution in [1.82, 2.24) is 4.90 Å². The fourth-order valence-corrected chi connectivity index (χ4v) is 2.99. The second kappa shape index (κ2) is 7.21. The maximum atomic E-state index is 12.3. The molecule has 118 valence electrons. The molecule has 0 N–H and O–H groups in total. The molecule has 0 bridgehead atoms. The summed E-state index contributed by atoms with van der Waals surface area (Å²) in [7, 11) is 1.68. The first kappa shape index (κ1) is 16.9. The van der Waals surface area contributed by atoms with Gasteiger partial charge in [-0.3, -0.25) is 4.79 Å². The molecular weight excluding hydrogens is 323 g/mol. The Morgan fingerprint density at radius 1 is 1.32 bits per heavy atom. The summed E-state index contributed by atoms with van der Waals surface area (Å²) in [6, 6.07) is 7.16. The Morgan fingerprint density at radius 3 is 2.59 bits per heavy atom. The van der Waals surface area contributed by atoms with E-state index in [0.717, 1.165) is 32.1 Å². The van der Waals surface area contributed by atoms with Gasteiger partial charge in [0.1, 0.15) is 11.3 Å². The van der Waals surface area contributed by atoms with Crippen molar-refractivity contribution in [2.24, 2.45) is 0 Å². The zero-order valence-electron chi connectivity index (χ0n) is 12.4. The van der Waals surface area contributed by atoms with Crippen LogP contribution < -0.4 is 4.74 Å². The second-order valence-electron chi connectivity index (χ2n) is 5.52. The molecule has 0 heterocycles. The predicted molar refractivity (Wildman–Crippen MR) is 86.2 cm³/mol. The standard InChI is InChI=1S/C16H18Cl2N2O2/c1-20(16(11-19)7-3-2-4-8-16)15(21)10-22-12-5-6-13(17)14(18)9-12/h5-6,9H,2-4,7-8,10H2,1H3. The lowest BCUT2D eigenvalue weighted by Crippen LogP contribution is -2.51. The van der Waals surface area contributed by atoms with Gasteiger partial charge < -0.3 is 9.64 Å². The van der Waals surface area contributed by atoms with E-state index in [4.69, 9.17) is 27.9 Å². The van der Waals surface area contributed by atoms with E-state index in [2.05, 4.69) is 6.07 Å². The van der Waals surface area contributed by atoms with E-state index in [0.29, 0.717) is 15.8 Å². The number of hydrogen-bond donors (Lipinski definition) is 0. The van der Waals surface area contributed by atoms with Gasteiger partial charge in [-0.15, -0.1) is 0 Å². The molecule has 1 aliphatic rings. The van der Waals surface area contributed by atoms with E-state index in [-0.39, 0.29) is 12.5 Å². The minimum absolute atomic E-state index is 0.127. The first-order chi connectivity index (χ1) is 10.5. The van der Waals surface area contributed by atoms with Crippen molar-refractivity contribution in [2.75, 3.05) is 13.7 Å². The first-order valence-corrected chi connectivity index (χ1v) is 8.00. The maximum Gasteiger partial charge on any atom is 0.261 e. The van der Waals surface area contributed by atoms with Gasteiger partial charge in [0.15, 0.2) is 6.61 Å². The minimum Gasteiger partial charge on any atom is -0.484 e. The first-order valence-electron chi connectivity index (χ1n) is 7.24. The Bertz CT molecular complexity index is 592. The van der Waals surface area contributed by atoms with Crippen molar-refractivity contribution in [3.63, 3.8) is 0 Å². The number of ether oxygens (including phenoxy) is 1. The monoisotopic (exact) mass is 340 g/mol. The van der Waals surface area contributed by atoms with Crippen molar-refractivity contribution < 1.29 is 9.53 Å². The molecule has 0 spiro atoms. The van der Waals surface area contributed by atoms with E-state index >= 15 is 0 Å². The third-order valence-corrected chi connectivity index (χ3v) is 4.90. The molecule has 2 rings (SSSR count). The summed E-state index contributed by atoms with van der Waals surface area (Å²) < 4.78 is 5.46. The van der Waals surface area contributed by atoms with Gasteiger partial charge in [-0.2, -0.15) is 5.26 Å². The summed E-state index contributed by atoms with van der Waals surface area (Å²) in [5, 5.41) is 10.3. The predicted octanol–water partition coefficient (Wildman–Crippen LogP) is 4.06. The lowest BCUT2D eigenvalue weighted by atomic mass is 9.81. The van der Waals surface area contributed by atoms with Crippen LogP contribution >= 0.6 is 23.2 Å². The number of carbonyl (C=O) groups excluding carboxylic acids is 1. The molecule has 0 radical (unpaired) electrons. The van der Waals surface area contributed by atoms with Crippen molar-refractivity contribution in [1.29, 1.82) is 5.26 Å². The quantitative estimate of drug-likeness (QED) is 0.830. The minimum atomic E-state index is -0.698. The van der Waals surface area contributed by atoms with Gasteiger partial charge in [-0.25, -0.2) is 0 Å². The fourth-order valence-electron chi connectivity index (χ4n) is 2.71. The van der Waals surface area contributed by atoms with Crippen LogP contribution in [0.5, 0.6) is 5.75 Å². The highest BCUT2D eigenvalue weighted by molar-refractivity contribution is 6.42. The topological polar surface area (TPSA) is 53.3 Å². The van der Waals surface area contributed by atoms with Crippen LogP contribution in [-0.4, -0.2) is 30.0 Å². The Labute approximate surface area is 140 Å². The van der Waals surface area contributed by atoms with Crippen LogP contribution in [-0.2, 0) is 4.79 Å². The average molecular weight is 341 g/mol. The SMILES string of the molecule is CN(C(=O)COc1ccc(Cl)c(Cl)c1)C1(C#N)CCCCC1. The zero-order chi connectivity index (χ0) is 16.2. The van der Waals surface area contributed by atoms with Gasteiger partial charge in [-0.1, -0.05) is 42.5 Å². The van der Waals surface area contributed by atoms with Crippen LogP contribution in [0, 0.1) is 11.3 Å². The van der Waals surface area contributed by atoms with Crippen molar-refractivity contribution in [2.45, 2.75) is 37.6 Å². The van der Waals surface area contributed by atoms with Gasteiger partial charge in [-0.05, 0) is 25.0 Å². The molecule has 0 aliphatic heterocycles. The third-order valence-electron chi connectivity index (χ3n) is 4.16. The summed E-state index contributed by atoms with van der Waals surface area (Å²) in [5.41, 5.74) is -0.698. The molecule has 1 fully saturated rings. The molecule has 0 atom stereocenters. The van der Waals surface area contributed by atoms with Crippen LogP contribution in [0.15, 0.2) is 18.2 Å². The summed E-state index contributed by atoms with van der Waals surface area (Å²) in [6.07, 6.45) is 4.50. The van der Waals surface area contributed by atoms with Crippen molar-refractivity contribution in [3.8, 4) is 11.8 Å². The Hall–Kier alpha value is -1.44. The highest BCUT2D eigenvalue weighted by atomic mass is 35.5.